The van der Waals surface area contributed by atoms with Crippen LogP contribution in [0.5, 0.6) is 0 Å². The molecule has 0 saturated heterocycles. The molecule has 2 aliphatic rings. The molecular weight excluding hydrogens is 317 g/mol. The molecule has 0 radical (unpaired) electrons. The van der Waals surface area contributed by atoms with Crippen molar-refractivity contribution in [3.63, 3.8) is 0 Å². The van der Waals surface area contributed by atoms with Gasteiger partial charge in [0.2, 0.25) is 0 Å². The maximum absolute atomic E-state index is 12.9. The van der Waals surface area contributed by atoms with Gasteiger partial charge in [0.05, 0.1) is 12.1 Å². The van der Waals surface area contributed by atoms with Gasteiger partial charge in [-0.1, -0.05) is 39.8 Å². The van der Waals surface area contributed by atoms with E-state index < -0.39 is 18.3 Å². The summed E-state index contributed by atoms with van der Waals surface area (Å²) in [6.07, 6.45) is -3.26. The van der Waals surface area contributed by atoms with Crippen molar-refractivity contribution in [1.82, 2.24) is 5.43 Å². The Labute approximate surface area is 140 Å². The first kappa shape index (κ1) is 17.3. The molecule has 0 fully saturated rings. The Morgan fingerprint density at radius 1 is 1.04 bits per heavy atom. The van der Waals surface area contributed by atoms with E-state index in [2.05, 4.69) is 32.8 Å². The van der Waals surface area contributed by atoms with Crippen LogP contribution in [0.4, 0.5) is 13.2 Å². The van der Waals surface area contributed by atoms with E-state index in [-0.39, 0.29) is 16.5 Å². The van der Waals surface area contributed by atoms with Gasteiger partial charge < -0.3 is 5.11 Å². The van der Waals surface area contributed by atoms with E-state index in [1.165, 1.54) is 5.56 Å². The van der Waals surface area contributed by atoms with Crippen molar-refractivity contribution >= 4 is 5.71 Å². The van der Waals surface area contributed by atoms with Crippen LogP contribution in [0.25, 0.3) is 0 Å². The molecule has 0 spiro atoms. The minimum absolute atomic E-state index is 0.0339. The smallest absolute Gasteiger partial charge is 0.362 e. The van der Waals surface area contributed by atoms with Crippen molar-refractivity contribution in [2.75, 3.05) is 0 Å². The third-order valence-electron chi connectivity index (χ3n) is 5.45. The molecule has 2 N–H and O–H groups in total. The Morgan fingerprint density at radius 3 is 2.17 bits per heavy atom. The summed E-state index contributed by atoms with van der Waals surface area (Å²) in [7, 11) is 0. The van der Waals surface area contributed by atoms with E-state index in [0.29, 0.717) is 5.56 Å². The van der Waals surface area contributed by atoms with E-state index in [1.54, 1.807) is 0 Å². The molecule has 0 amide bonds. The summed E-state index contributed by atoms with van der Waals surface area (Å²) < 4.78 is 38.8. The molecule has 0 bridgehead atoms. The number of hydrogen-bond donors (Lipinski definition) is 2. The van der Waals surface area contributed by atoms with Gasteiger partial charge in [0.15, 0.2) is 0 Å². The molecule has 132 valence electrons. The van der Waals surface area contributed by atoms with Gasteiger partial charge >= 0.3 is 6.18 Å². The van der Waals surface area contributed by atoms with Crippen molar-refractivity contribution in [3.8, 4) is 0 Å². The van der Waals surface area contributed by atoms with Gasteiger partial charge in [-0.25, -0.2) is 0 Å². The lowest BCUT2D eigenvalue weighted by Gasteiger charge is -2.42. The van der Waals surface area contributed by atoms with Crippen LogP contribution in [0.2, 0.25) is 0 Å². The number of hydrogen-bond acceptors (Lipinski definition) is 3. The van der Waals surface area contributed by atoms with E-state index in [0.717, 1.165) is 18.4 Å². The molecule has 1 atom stereocenters. The fourth-order valence-corrected chi connectivity index (χ4v) is 3.58. The first-order valence-electron chi connectivity index (χ1n) is 8.14. The van der Waals surface area contributed by atoms with Gasteiger partial charge in [-0.2, -0.15) is 18.3 Å². The lowest BCUT2D eigenvalue weighted by atomic mass is 9.63. The molecule has 1 heterocycles. The van der Waals surface area contributed by atoms with Crippen molar-refractivity contribution in [2.45, 2.75) is 69.7 Å². The number of halogens is 3. The highest BCUT2D eigenvalue weighted by Gasteiger charge is 2.57. The van der Waals surface area contributed by atoms with Crippen LogP contribution in [-0.2, 0) is 10.8 Å². The third kappa shape index (κ3) is 2.61. The van der Waals surface area contributed by atoms with Crippen molar-refractivity contribution in [2.24, 2.45) is 5.10 Å². The Kier molecular flexibility index (Phi) is 3.58. The number of benzene rings is 1. The Hall–Kier alpha value is -1.56. The van der Waals surface area contributed by atoms with Crippen LogP contribution >= 0.6 is 0 Å². The zero-order valence-corrected chi connectivity index (χ0v) is 14.4. The number of alkyl halides is 3. The highest BCUT2D eigenvalue weighted by atomic mass is 19.4. The number of rotatable bonds is 1. The number of nitrogens with zero attached hydrogens (tertiary/aromatic N) is 1. The van der Waals surface area contributed by atoms with E-state index in [9.17, 15) is 18.3 Å². The summed E-state index contributed by atoms with van der Waals surface area (Å²) in [6, 6.07) is 5.75. The molecule has 1 aliphatic heterocycles. The van der Waals surface area contributed by atoms with Gasteiger partial charge in [0, 0.05) is 0 Å². The Bertz CT molecular complexity index is 707. The van der Waals surface area contributed by atoms with Crippen molar-refractivity contribution < 1.29 is 18.3 Å². The lowest BCUT2D eigenvalue weighted by Crippen LogP contribution is -2.52. The van der Waals surface area contributed by atoms with Crippen LogP contribution in [0.1, 0.15) is 63.6 Å². The summed E-state index contributed by atoms with van der Waals surface area (Å²) in [5.41, 5.74) is 2.15. The first-order chi connectivity index (χ1) is 10.9. The first-order valence-corrected chi connectivity index (χ1v) is 8.14. The number of aliphatic hydroxyl groups is 1. The zero-order chi connectivity index (χ0) is 18.0. The van der Waals surface area contributed by atoms with Crippen LogP contribution < -0.4 is 5.43 Å². The molecule has 0 saturated carbocycles. The normalized spacial score (nSPS) is 28.1. The molecular formula is C18H23F3N2O. The van der Waals surface area contributed by atoms with E-state index in [4.69, 9.17) is 0 Å². The maximum Gasteiger partial charge on any atom is 0.438 e. The zero-order valence-electron chi connectivity index (χ0n) is 14.4. The fourth-order valence-electron chi connectivity index (χ4n) is 3.58. The average molecular weight is 340 g/mol. The van der Waals surface area contributed by atoms with Crippen molar-refractivity contribution in [3.05, 3.63) is 34.9 Å². The second-order valence-corrected chi connectivity index (χ2v) is 8.23. The second-order valence-electron chi connectivity index (χ2n) is 8.23. The topological polar surface area (TPSA) is 44.6 Å². The number of nitrogens with one attached hydrogen (secondary N) is 1. The molecule has 3 nitrogen and oxygen atoms in total. The molecule has 6 heteroatoms. The monoisotopic (exact) mass is 340 g/mol. The fraction of sp³-hybridized carbons (Fsp3) is 0.611. The minimum atomic E-state index is -4.77. The summed E-state index contributed by atoms with van der Waals surface area (Å²) in [5, 5.41) is 13.5. The quantitative estimate of drug-likeness (QED) is 0.812. The van der Waals surface area contributed by atoms with Gasteiger partial charge in [-0.3, -0.25) is 5.43 Å². The van der Waals surface area contributed by atoms with Crippen LogP contribution in [-0.4, -0.2) is 22.7 Å². The van der Waals surface area contributed by atoms with Gasteiger partial charge in [0.25, 0.3) is 5.72 Å². The predicted molar refractivity (Wildman–Crippen MR) is 87.0 cm³/mol. The SMILES string of the molecule is CC1(C)CCC(C)(C)c2cc(C3=NN[C@](O)(C(F)(F)F)C3)ccc21. The van der Waals surface area contributed by atoms with E-state index >= 15 is 0 Å². The summed E-state index contributed by atoms with van der Waals surface area (Å²) in [5.74, 6) is 0. The molecule has 0 unspecified atom stereocenters. The maximum atomic E-state index is 12.9. The Morgan fingerprint density at radius 2 is 1.62 bits per heavy atom. The highest BCUT2D eigenvalue weighted by molar-refractivity contribution is 6.02. The molecule has 24 heavy (non-hydrogen) atoms. The Balaban J connectivity index is 1.99. The van der Waals surface area contributed by atoms with E-state index in [1.807, 2.05) is 23.6 Å². The predicted octanol–water partition coefficient (Wildman–Crippen LogP) is 3.98. The summed E-state index contributed by atoms with van der Waals surface area (Å²) in [6.45, 7) is 8.70. The third-order valence-corrected chi connectivity index (χ3v) is 5.45. The van der Waals surface area contributed by atoms with Crippen LogP contribution in [0.15, 0.2) is 23.3 Å². The standard InChI is InChI=1S/C18H23F3N2O/c1-15(2)7-8-16(3,4)13-9-11(5-6-12(13)15)14-10-17(24,23-22-14)18(19,20)21/h5-6,9,23-24H,7-8,10H2,1-4H3/t17-/m1/s1. The molecule has 1 aliphatic carbocycles. The molecule has 1 aromatic carbocycles. The van der Waals surface area contributed by atoms with Crippen molar-refractivity contribution in [1.29, 1.82) is 0 Å². The second kappa shape index (κ2) is 4.97. The average Bonchev–Trinajstić information content (AvgIpc) is 2.87. The molecule has 0 aromatic heterocycles. The molecule has 1 aromatic rings. The van der Waals surface area contributed by atoms with Gasteiger partial charge in [0.1, 0.15) is 0 Å². The summed E-state index contributed by atoms with van der Waals surface area (Å²) >= 11 is 0. The van der Waals surface area contributed by atoms with Crippen LogP contribution in [0, 0.1) is 0 Å². The minimum Gasteiger partial charge on any atom is -0.362 e. The largest absolute Gasteiger partial charge is 0.438 e. The van der Waals surface area contributed by atoms with Gasteiger partial charge in [-0.15, -0.1) is 0 Å². The van der Waals surface area contributed by atoms with Crippen LogP contribution in [0.3, 0.4) is 0 Å². The number of fused-ring (bicyclic) bond motifs is 1. The van der Waals surface area contributed by atoms with Gasteiger partial charge in [-0.05, 0) is 46.4 Å². The summed E-state index contributed by atoms with van der Waals surface area (Å²) in [4.78, 5) is 0. The number of hydrazone groups is 1. The molecule has 3 rings (SSSR count). The lowest BCUT2D eigenvalue weighted by molar-refractivity contribution is -0.266. The highest BCUT2D eigenvalue weighted by Crippen LogP contribution is 2.46.